The molecule has 3 aromatic rings. The minimum absolute atomic E-state index is 0.00207. The van der Waals surface area contributed by atoms with E-state index < -0.39 is 53.3 Å². The highest BCUT2D eigenvalue weighted by molar-refractivity contribution is 6.30. The molecule has 0 bridgehead atoms. The van der Waals surface area contributed by atoms with Crippen LogP contribution < -0.4 is 0 Å². The largest absolute Gasteiger partial charge is 0.454 e. The van der Waals surface area contributed by atoms with Crippen molar-refractivity contribution >= 4 is 40.0 Å². The number of fused-ring (bicyclic) bond motifs is 1. The molecule has 0 N–H and O–H groups in total. The minimum Gasteiger partial charge on any atom is -0.337 e. The molecule has 0 spiro atoms. The Kier molecular flexibility index (Phi) is 7.16. The number of hydrogen-bond donors (Lipinski definition) is 0. The topological polar surface area (TPSA) is 59.4 Å². The predicted octanol–water partition coefficient (Wildman–Crippen LogP) is 5.71. The van der Waals surface area contributed by atoms with Gasteiger partial charge in [-0.15, -0.1) is 0 Å². The number of Topliss-reactive ketones (excluding diaryl/α,β-unsaturated/α-hetero) is 2. The summed E-state index contributed by atoms with van der Waals surface area (Å²) in [6.07, 6.45) is -4.60. The zero-order chi connectivity index (χ0) is 27.1. The molecule has 1 aliphatic heterocycles. The first-order chi connectivity index (χ1) is 17.3. The number of alkyl halides is 4. The molecule has 196 valence electrons. The number of likely N-dealkylation sites (tertiary alicyclic amines) is 1. The maximum atomic E-state index is 14.9. The van der Waals surface area contributed by atoms with E-state index in [1.165, 1.54) is 47.9 Å². The molecule has 0 radical (unpaired) electrons. The van der Waals surface area contributed by atoms with Crippen molar-refractivity contribution < 1.29 is 36.3 Å². The van der Waals surface area contributed by atoms with Crippen molar-refractivity contribution in [2.45, 2.75) is 50.6 Å². The number of halogens is 6. The molecular formula is C26H22ClF5N2O3. The summed E-state index contributed by atoms with van der Waals surface area (Å²) in [7, 11) is 0. The fourth-order valence-electron chi connectivity index (χ4n) is 4.71. The number of rotatable bonds is 7. The molecule has 0 unspecified atom stereocenters. The molecule has 1 aromatic heterocycles. The van der Waals surface area contributed by atoms with E-state index in [-0.39, 0.29) is 47.3 Å². The Morgan fingerprint density at radius 3 is 2.51 bits per heavy atom. The van der Waals surface area contributed by atoms with Crippen molar-refractivity contribution in [2.75, 3.05) is 6.54 Å². The number of ketones is 2. The van der Waals surface area contributed by atoms with Crippen LogP contribution in [0.1, 0.15) is 35.7 Å². The van der Waals surface area contributed by atoms with Crippen molar-refractivity contribution in [3.8, 4) is 0 Å². The van der Waals surface area contributed by atoms with Crippen molar-refractivity contribution in [3.05, 3.63) is 70.6 Å². The van der Waals surface area contributed by atoms with Gasteiger partial charge in [0.25, 0.3) is 5.78 Å². The highest BCUT2D eigenvalue weighted by Gasteiger charge is 2.46. The molecule has 11 heteroatoms. The maximum Gasteiger partial charge on any atom is 0.454 e. The normalized spacial score (nSPS) is 20.0. The van der Waals surface area contributed by atoms with Crippen molar-refractivity contribution in [3.63, 3.8) is 0 Å². The van der Waals surface area contributed by atoms with Crippen LogP contribution in [0.15, 0.2) is 48.7 Å². The number of benzene rings is 2. The van der Waals surface area contributed by atoms with Gasteiger partial charge in [0, 0.05) is 29.9 Å². The standard InChI is InChI=1S/C26H22ClF5N2O3/c1-25(29)11-20(21(35)10-9-15-5-4-7-18(27)23(15)28)34(14-25)22(36)13-33-12-17(24(37)26(30,31)32)16-6-2-3-8-19(16)33/h2-8,12,20H,9-11,13-14H2,1H3/t20-,25+/m0/s1. The van der Waals surface area contributed by atoms with Crippen LogP contribution in [-0.4, -0.2) is 51.4 Å². The Morgan fingerprint density at radius 1 is 1.11 bits per heavy atom. The first kappa shape index (κ1) is 26.8. The molecule has 0 aliphatic carbocycles. The Labute approximate surface area is 213 Å². The maximum absolute atomic E-state index is 14.9. The number of amides is 1. The Morgan fingerprint density at radius 2 is 1.81 bits per heavy atom. The lowest BCUT2D eigenvalue weighted by Gasteiger charge is -2.24. The van der Waals surface area contributed by atoms with Crippen LogP contribution in [0.5, 0.6) is 0 Å². The molecule has 2 heterocycles. The molecule has 2 atom stereocenters. The van der Waals surface area contributed by atoms with Crippen LogP contribution in [0.4, 0.5) is 22.0 Å². The van der Waals surface area contributed by atoms with Gasteiger partial charge < -0.3 is 9.47 Å². The van der Waals surface area contributed by atoms with Gasteiger partial charge in [0.2, 0.25) is 5.91 Å². The van der Waals surface area contributed by atoms with Crippen LogP contribution >= 0.6 is 11.6 Å². The van der Waals surface area contributed by atoms with E-state index in [9.17, 15) is 36.3 Å². The SMILES string of the molecule is C[C@@]1(F)C[C@@H](C(=O)CCc2cccc(Cl)c2F)N(C(=O)Cn2cc(C(=O)C(F)(F)F)c3ccccc32)C1. The van der Waals surface area contributed by atoms with Gasteiger partial charge in [-0.05, 0) is 31.0 Å². The summed E-state index contributed by atoms with van der Waals surface area (Å²) in [5.74, 6) is -3.87. The van der Waals surface area contributed by atoms with Gasteiger partial charge >= 0.3 is 6.18 Å². The number of carbonyl (C=O) groups is 3. The van der Waals surface area contributed by atoms with Crippen LogP contribution in [0.25, 0.3) is 10.9 Å². The molecule has 2 aromatic carbocycles. The Hall–Kier alpha value is -3.27. The molecule has 1 amide bonds. The van der Waals surface area contributed by atoms with Gasteiger partial charge in [0.05, 0.1) is 23.2 Å². The minimum atomic E-state index is -5.11. The number of carbonyl (C=O) groups excluding carboxylic acids is 3. The van der Waals surface area contributed by atoms with E-state index in [0.29, 0.717) is 0 Å². The van der Waals surface area contributed by atoms with Gasteiger partial charge in [0.15, 0.2) is 5.78 Å². The summed E-state index contributed by atoms with van der Waals surface area (Å²) in [5.41, 5.74) is -2.05. The molecule has 1 saturated heterocycles. The van der Waals surface area contributed by atoms with Gasteiger partial charge in [-0.2, -0.15) is 13.2 Å². The quantitative estimate of drug-likeness (QED) is 0.285. The lowest BCUT2D eigenvalue weighted by molar-refractivity contribution is -0.138. The number of nitrogens with zero attached hydrogens (tertiary/aromatic N) is 2. The Bertz CT molecular complexity index is 1380. The van der Waals surface area contributed by atoms with Crippen molar-refractivity contribution in [1.82, 2.24) is 9.47 Å². The Balaban J connectivity index is 1.56. The van der Waals surface area contributed by atoms with E-state index in [2.05, 4.69) is 0 Å². The number of aromatic nitrogens is 1. The van der Waals surface area contributed by atoms with Crippen LogP contribution in [0, 0.1) is 5.82 Å². The molecule has 0 saturated carbocycles. The monoisotopic (exact) mass is 540 g/mol. The third-order valence-electron chi connectivity index (χ3n) is 6.46. The molecule has 1 aliphatic rings. The summed E-state index contributed by atoms with van der Waals surface area (Å²) in [4.78, 5) is 39.2. The van der Waals surface area contributed by atoms with Crippen LogP contribution in [0.2, 0.25) is 5.02 Å². The molecule has 1 fully saturated rings. The van der Waals surface area contributed by atoms with E-state index in [1.54, 1.807) is 6.07 Å². The second-order valence-corrected chi connectivity index (χ2v) is 9.76. The second kappa shape index (κ2) is 9.89. The summed E-state index contributed by atoms with van der Waals surface area (Å²) in [6.45, 7) is 0.359. The fraction of sp³-hybridized carbons (Fsp3) is 0.346. The van der Waals surface area contributed by atoms with E-state index in [4.69, 9.17) is 11.6 Å². The first-order valence-electron chi connectivity index (χ1n) is 11.4. The van der Waals surface area contributed by atoms with Gasteiger partial charge in [0.1, 0.15) is 18.0 Å². The summed E-state index contributed by atoms with van der Waals surface area (Å²) < 4.78 is 69.6. The third-order valence-corrected chi connectivity index (χ3v) is 6.75. The lowest BCUT2D eigenvalue weighted by Crippen LogP contribution is -2.42. The van der Waals surface area contributed by atoms with E-state index in [0.717, 1.165) is 11.1 Å². The molecule has 4 rings (SSSR count). The van der Waals surface area contributed by atoms with Crippen LogP contribution in [-0.2, 0) is 22.6 Å². The van der Waals surface area contributed by atoms with Gasteiger partial charge in [-0.3, -0.25) is 14.4 Å². The zero-order valence-electron chi connectivity index (χ0n) is 19.6. The average Bonchev–Trinajstić information content (AvgIpc) is 3.36. The summed E-state index contributed by atoms with van der Waals surface area (Å²) in [6, 6.07) is 9.06. The number of para-hydroxylation sites is 1. The predicted molar refractivity (Wildman–Crippen MR) is 127 cm³/mol. The fourth-order valence-corrected chi connectivity index (χ4v) is 4.90. The van der Waals surface area contributed by atoms with Gasteiger partial charge in [-0.25, -0.2) is 8.78 Å². The highest BCUT2D eigenvalue weighted by atomic mass is 35.5. The molecular weight excluding hydrogens is 519 g/mol. The van der Waals surface area contributed by atoms with Gasteiger partial charge in [-0.1, -0.05) is 41.9 Å². The van der Waals surface area contributed by atoms with Crippen molar-refractivity contribution in [2.24, 2.45) is 0 Å². The zero-order valence-corrected chi connectivity index (χ0v) is 20.4. The highest BCUT2D eigenvalue weighted by Crippen LogP contribution is 2.33. The van der Waals surface area contributed by atoms with Crippen molar-refractivity contribution in [1.29, 1.82) is 0 Å². The van der Waals surface area contributed by atoms with Crippen LogP contribution in [0.3, 0.4) is 0 Å². The van der Waals surface area contributed by atoms with E-state index in [1.807, 2.05) is 0 Å². The summed E-state index contributed by atoms with van der Waals surface area (Å²) in [5, 5.41) is -0.0770. The smallest absolute Gasteiger partial charge is 0.337 e. The second-order valence-electron chi connectivity index (χ2n) is 9.35. The molecule has 37 heavy (non-hydrogen) atoms. The number of aryl methyl sites for hydroxylation is 1. The summed E-state index contributed by atoms with van der Waals surface area (Å²) >= 11 is 5.77. The number of hydrogen-bond acceptors (Lipinski definition) is 3. The lowest BCUT2D eigenvalue weighted by atomic mass is 9.98. The first-order valence-corrected chi connectivity index (χ1v) is 11.8. The third kappa shape index (κ3) is 5.53. The van der Waals surface area contributed by atoms with E-state index >= 15 is 0 Å². The average molecular weight is 541 g/mol. The molecule has 5 nitrogen and oxygen atoms in total.